The van der Waals surface area contributed by atoms with Crippen LogP contribution in [0.3, 0.4) is 0 Å². The van der Waals surface area contributed by atoms with Crippen molar-refractivity contribution in [3.63, 3.8) is 0 Å². The van der Waals surface area contributed by atoms with Crippen molar-refractivity contribution < 1.29 is 0 Å². The molecular formula is C7H8N2. The van der Waals surface area contributed by atoms with Crippen molar-refractivity contribution >= 4 is 6.21 Å². The lowest BCUT2D eigenvalue weighted by atomic mass is 10.1. The van der Waals surface area contributed by atoms with Crippen LogP contribution in [0.25, 0.3) is 0 Å². The molecule has 1 atom stereocenters. The van der Waals surface area contributed by atoms with Crippen molar-refractivity contribution in [3.05, 3.63) is 11.6 Å². The molecule has 0 saturated heterocycles. The number of nitriles is 1. The van der Waals surface area contributed by atoms with Crippen molar-refractivity contribution in [2.75, 3.05) is 0 Å². The lowest BCUT2D eigenvalue weighted by Gasteiger charge is -2.05. The van der Waals surface area contributed by atoms with Crippen LogP contribution in [-0.4, -0.2) is 12.3 Å². The van der Waals surface area contributed by atoms with Crippen LogP contribution in [0.2, 0.25) is 0 Å². The normalized spacial score (nSPS) is 24.9. The number of hydrogen-bond acceptors (Lipinski definition) is 2. The highest BCUT2D eigenvalue weighted by molar-refractivity contribution is 5.84. The Balaban J connectivity index is 2.66. The summed E-state index contributed by atoms with van der Waals surface area (Å²) in [6.45, 7) is 2.03. The molecule has 0 aromatic rings. The minimum absolute atomic E-state index is 0.363. The van der Waals surface area contributed by atoms with E-state index in [2.05, 4.69) is 4.99 Å². The van der Waals surface area contributed by atoms with Gasteiger partial charge in [-0.1, -0.05) is 6.08 Å². The van der Waals surface area contributed by atoms with Crippen molar-refractivity contribution in [3.8, 4) is 6.07 Å². The average Bonchev–Trinajstić information content (AvgIpc) is 1.90. The van der Waals surface area contributed by atoms with Crippen LogP contribution in [-0.2, 0) is 0 Å². The smallest absolute Gasteiger partial charge is 0.100 e. The summed E-state index contributed by atoms with van der Waals surface area (Å²) in [4.78, 5) is 4.07. The summed E-state index contributed by atoms with van der Waals surface area (Å²) >= 11 is 0. The molecule has 0 aromatic carbocycles. The Morgan fingerprint density at radius 2 is 2.67 bits per heavy atom. The van der Waals surface area contributed by atoms with Crippen LogP contribution in [0.4, 0.5) is 0 Å². The van der Waals surface area contributed by atoms with Gasteiger partial charge in [-0.15, -0.1) is 0 Å². The summed E-state index contributed by atoms with van der Waals surface area (Å²) in [7, 11) is 0. The number of nitrogens with zero attached hydrogens (tertiary/aromatic N) is 2. The summed E-state index contributed by atoms with van der Waals surface area (Å²) in [5.74, 6) is 0. The highest BCUT2D eigenvalue weighted by atomic mass is 14.8. The SMILES string of the molecule is C[C@@H]1CC=C(C#N)C=N1. The second-order valence-corrected chi connectivity index (χ2v) is 2.13. The molecule has 0 unspecified atom stereocenters. The van der Waals surface area contributed by atoms with Gasteiger partial charge >= 0.3 is 0 Å². The standard InChI is InChI=1S/C7H8N2/c1-6-2-3-7(4-8)5-9-6/h3,5-6H,2H2,1H3/t6-/m1/s1. The molecule has 0 amide bonds. The fraction of sp³-hybridized carbons (Fsp3) is 0.429. The Morgan fingerprint density at radius 1 is 1.89 bits per heavy atom. The topological polar surface area (TPSA) is 36.1 Å². The first-order chi connectivity index (χ1) is 4.33. The molecule has 0 bridgehead atoms. The van der Waals surface area contributed by atoms with E-state index in [0.29, 0.717) is 11.6 Å². The quantitative estimate of drug-likeness (QED) is 0.474. The second kappa shape index (κ2) is 2.45. The number of dihydropyridines is 1. The monoisotopic (exact) mass is 120 g/mol. The summed E-state index contributed by atoms with van der Waals surface area (Å²) in [5.41, 5.74) is 0.688. The number of hydrogen-bond donors (Lipinski definition) is 0. The van der Waals surface area contributed by atoms with E-state index in [1.165, 1.54) is 0 Å². The van der Waals surface area contributed by atoms with Gasteiger partial charge in [-0.2, -0.15) is 5.26 Å². The molecule has 0 N–H and O–H groups in total. The van der Waals surface area contributed by atoms with Gasteiger partial charge in [0.05, 0.1) is 11.6 Å². The molecule has 0 saturated carbocycles. The van der Waals surface area contributed by atoms with Gasteiger partial charge in [-0.25, -0.2) is 0 Å². The van der Waals surface area contributed by atoms with Gasteiger partial charge in [-0.05, 0) is 13.3 Å². The van der Waals surface area contributed by atoms with E-state index in [-0.39, 0.29) is 0 Å². The van der Waals surface area contributed by atoms with Gasteiger partial charge in [-0.3, -0.25) is 4.99 Å². The number of rotatable bonds is 0. The molecule has 46 valence electrons. The molecule has 1 aliphatic rings. The Labute approximate surface area is 54.5 Å². The minimum Gasteiger partial charge on any atom is -0.288 e. The zero-order valence-corrected chi connectivity index (χ0v) is 5.33. The van der Waals surface area contributed by atoms with E-state index >= 15 is 0 Å². The molecule has 2 heteroatoms. The summed E-state index contributed by atoms with van der Waals surface area (Å²) < 4.78 is 0. The molecule has 0 radical (unpaired) electrons. The molecule has 2 nitrogen and oxygen atoms in total. The first kappa shape index (κ1) is 6.03. The van der Waals surface area contributed by atoms with Gasteiger partial charge in [0.2, 0.25) is 0 Å². The lowest BCUT2D eigenvalue weighted by molar-refractivity contribution is 0.754. The molecule has 0 aromatic heterocycles. The Hall–Kier alpha value is -1.10. The Bertz CT molecular complexity index is 195. The van der Waals surface area contributed by atoms with E-state index in [4.69, 9.17) is 5.26 Å². The Kier molecular flexibility index (Phi) is 1.64. The highest BCUT2D eigenvalue weighted by Gasteiger charge is 2.01. The first-order valence-electron chi connectivity index (χ1n) is 2.96. The number of aliphatic imine (C=N–C) groups is 1. The Morgan fingerprint density at radius 3 is 3.11 bits per heavy atom. The third kappa shape index (κ3) is 1.39. The molecule has 1 rings (SSSR count). The fourth-order valence-electron chi connectivity index (χ4n) is 0.693. The number of allylic oxidation sites excluding steroid dienone is 1. The van der Waals surface area contributed by atoms with Gasteiger partial charge < -0.3 is 0 Å². The van der Waals surface area contributed by atoms with Gasteiger partial charge in [0, 0.05) is 6.21 Å². The molecule has 0 spiro atoms. The average molecular weight is 120 g/mol. The van der Waals surface area contributed by atoms with Crippen LogP contribution in [0.15, 0.2) is 16.6 Å². The summed E-state index contributed by atoms with van der Waals surface area (Å²) in [6, 6.07) is 2.40. The fourth-order valence-corrected chi connectivity index (χ4v) is 0.693. The van der Waals surface area contributed by atoms with Crippen LogP contribution in [0.1, 0.15) is 13.3 Å². The van der Waals surface area contributed by atoms with Gasteiger partial charge in [0.25, 0.3) is 0 Å². The second-order valence-electron chi connectivity index (χ2n) is 2.13. The zero-order chi connectivity index (χ0) is 6.69. The molecule has 9 heavy (non-hydrogen) atoms. The van der Waals surface area contributed by atoms with E-state index < -0.39 is 0 Å². The molecule has 1 heterocycles. The maximum absolute atomic E-state index is 8.37. The summed E-state index contributed by atoms with van der Waals surface area (Å²) in [5, 5.41) is 8.37. The molecule has 1 aliphatic heterocycles. The van der Waals surface area contributed by atoms with E-state index in [9.17, 15) is 0 Å². The molecule has 0 fully saturated rings. The van der Waals surface area contributed by atoms with Crippen LogP contribution >= 0.6 is 0 Å². The van der Waals surface area contributed by atoms with E-state index in [0.717, 1.165) is 6.42 Å². The predicted octanol–water partition coefficient (Wildman–Crippen LogP) is 1.30. The maximum atomic E-state index is 8.37. The zero-order valence-electron chi connectivity index (χ0n) is 5.33. The van der Waals surface area contributed by atoms with Crippen LogP contribution < -0.4 is 0 Å². The summed E-state index contributed by atoms with van der Waals surface area (Å²) in [6.07, 6.45) is 4.45. The van der Waals surface area contributed by atoms with E-state index in [1.807, 2.05) is 19.1 Å². The van der Waals surface area contributed by atoms with Crippen molar-refractivity contribution in [1.82, 2.24) is 0 Å². The van der Waals surface area contributed by atoms with Crippen molar-refractivity contribution in [2.45, 2.75) is 19.4 Å². The third-order valence-corrected chi connectivity index (χ3v) is 1.28. The first-order valence-corrected chi connectivity index (χ1v) is 2.96. The molecular weight excluding hydrogens is 112 g/mol. The van der Waals surface area contributed by atoms with Gasteiger partial charge in [0.15, 0.2) is 0 Å². The third-order valence-electron chi connectivity index (χ3n) is 1.28. The molecule has 0 aliphatic carbocycles. The maximum Gasteiger partial charge on any atom is 0.100 e. The van der Waals surface area contributed by atoms with E-state index in [1.54, 1.807) is 6.21 Å². The van der Waals surface area contributed by atoms with Crippen molar-refractivity contribution in [2.24, 2.45) is 4.99 Å². The van der Waals surface area contributed by atoms with Crippen molar-refractivity contribution in [1.29, 1.82) is 5.26 Å². The predicted molar refractivity (Wildman–Crippen MR) is 36.3 cm³/mol. The highest BCUT2D eigenvalue weighted by Crippen LogP contribution is 2.06. The van der Waals surface area contributed by atoms with Crippen LogP contribution in [0, 0.1) is 11.3 Å². The van der Waals surface area contributed by atoms with Crippen LogP contribution in [0.5, 0.6) is 0 Å². The van der Waals surface area contributed by atoms with Gasteiger partial charge in [0.1, 0.15) is 6.07 Å². The minimum atomic E-state index is 0.363. The largest absolute Gasteiger partial charge is 0.288 e. The lowest BCUT2D eigenvalue weighted by Crippen LogP contribution is -2.02.